The largest absolute Gasteiger partial charge is 0.358 e. The van der Waals surface area contributed by atoms with Crippen molar-refractivity contribution < 1.29 is 0 Å². The first-order valence-corrected chi connectivity index (χ1v) is 5.11. The molecule has 3 aromatic rings. The number of fused-ring (bicyclic) bond motifs is 3. The van der Waals surface area contributed by atoms with Gasteiger partial charge < -0.3 is 9.97 Å². The molecular formula is C12H13N3. The van der Waals surface area contributed by atoms with E-state index in [-0.39, 0.29) is 0 Å². The molecule has 1 aromatic carbocycles. The van der Waals surface area contributed by atoms with Crippen LogP contribution in [-0.4, -0.2) is 15.0 Å². The molecule has 0 saturated heterocycles. The quantitative estimate of drug-likeness (QED) is 0.574. The van der Waals surface area contributed by atoms with Gasteiger partial charge in [0.1, 0.15) is 5.82 Å². The summed E-state index contributed by atoms with van der Waals surface area (Å²) in [7, 11) is 0. The lowest BCUT2D eigenvalue weighted by Gasteiger charge is -1.93. The molecule has 3 heteroatoms. The lowest BCUT2D eigenvalue weighted by Crippen LogP contribution is -1.75. The number of nitrogens with one attached hydrogen (secondary N) is 2. The van der Waals surface area contributed by atoms with Crippen LogP contribution in [0.25, 0.3) is 21.9 Å². The van der Waals surface area contributed by atoms with E-state index in [2.05, 4.69) is 40.9 Å². The highest BCUT2D eigenvalue weighted by atomic mass is 14.9. The molecule has 76 valence electrons. The van der Waals surface area contributed by atoms with Crippen molar-refractivity contribution in [2.45, 2.75) is 20.8 Å². The summed E-state index contributed by atoms with van der Waals surface area (Å²) in [6.07, 6.45) is 0. The molecule has 15 heavy (non-hydrogen) atoms. The molecule has 0 atom stereocenters. The SMILES string of the molecule is Cc1nc2c(ccc3[nH]c(C)c(C)c32)[nH]1. The van der Waals surface area contributed by atoms with Crippen molar-refractivity contribution in [1.82, 2.24) is 15.0 Å². The second-order valence-corrected chi connectivity index (χ2v) is 4.08. The topological polar surface area (TPSA) is 44.5 Å². The fraction of sp³-hybridized carbons (Fsp3) is 0.250. The van der Waals surface area contributed by atoms with E-state index in [9.17, 15) is 0 Å². The van der Waals surface area contributed by atoms with Gasteiger partial charge in [-0.15, -0.1) is 0 Å². The highest BCUT2D eigenvalue weighted by Crippen LogP contribution is 2.28. The highest BCUT2D eigenvalue weighted by Gasteiger charge is 2.10. The van der Waals surface area contributed by atoms with E-state index in [0.717, 1.165) is 16.9 Å². The maximum absolute atomic E-state index is 4.54. The number of H-pyrrole nitrogens is 2. The second-order valence-electron chi connectivity index (χ2n) is 4.08. The van der Waals surface area contributed by atoms with E-state index >= 15 is 0 Å². The van der Waals surface area contributed by atoms with E-state index in [4.69, 9.17) is 0 Å². The zero-order valence-corrected chi connectivity index (χ0v) is 9.10. The van der Waals surface area contributed by atoms with Crippen molar-refractivity contribution in [3.05, 3.63) is 29.2 Å². The van der Waals surface area contributed by atoms with Crippen LogP contribution in [0.2, 0.25) is 0 Å². The molecule has 0 amide bonds. The van der Waals surface area contributed by atoms with Crippen LogP contribution in [0.3, 0.4) is 0 Å². The average molecular weight is 199 g/mol. The summed E-state index contributed by atoms with van der Waals surface area (Å²) in [6, 6.07) is 4.18. The van der Waals surface area contributed by atoms with Gasteiger partial charge in [0, 0.05) is 16.6 Å². The Kier molecular flexibility index (Phi) is 1.49. The summed E-state index contributed by atoms with van der Waals surface area (Å²) in [5.74, 6) is 0.968. The Labute approximate surface area is 87.5 Å². The lowest BCUT2D eigenvalue weighted by atomic mass is 10.1. The van der Waals surface area contributed by atoms with Gasteiger partial charge in [0.25, 0.3) is 0 Å². The molecule has 2 aromatic heterocycles. The zero-order chi connectivity index (χ0) is 10.6. The summed E-state index contributed by atoms with van der Waals surface area (Å²) in [4.78, 5) is 11.2. The first kappa shape index (κ1) is 8.53. The highest BCUT2D eigenvalue weighted by molar-refractivity contribution is 6.05. The van der Waals surface area contributed by atoms with E-state index in [1.54, 1.807) is 0 Å². The minimum Gasteiger partial charge on any atom is -0.358 e. The van der Waals surface area contributed by atoms with Gasteiger partial charge in [0.15, 0.2) is 0 Å². The standard InChI is InChI=1S/C12H13N3/c1-6-7(2)13-9-4-5-10-12(11(6)9)15-8(3)14-10/h4-5,13H,1-3H3,(H,14,15). The maximum atomic E-state index is 4.54. The van der Waals surface area contributed by atoms with Crippen LogP contribution in [0.4, 0.5) is 0 Å². The number of aromatic amines is 2. The Morgan fingerprint density at radius 2 is 1.73 bits per heavy atom. The average Bonchev–Trinajstić information content (AvgIpc) is 2.68. The molecular weight excluding hydrogens is 186 g/mol. The summed E-state index contributed by atoms with van der Waals surface area (Å²) >= 11 is 0. The normalized spacial score (nSPS) is 11.7. The Morgan fingerprint density at radius 1 is 1.00 bits per heavy atom. The van der Waals surface area contributed by atoms with Crippen molar-refractivity contribution in [3.63, 3.8) is 0 Å². The smallest absolute Gasteiger partial charge is 0.104 e. The van der Waals surface area contributed by atoms with Crippen molar-refractivity contribution in [2.75, 3.05) is 0 Å². The number of rotatable bonds is 0. The van der Waals surface area contributed by atoms with Crippen LogP contribution in [0, 0.1) is 20.8 Å². The summed E-state index contributed by atoms with van der Waals surface area (Å²) in [6.45, 7) is 6.22. The van der Waals surface area contributed by atoms with Gasteiger partial charge in [-0.05, 0) is 38.5 Å². The molecule has 0 fully saturated rings. The van der Waals surface area contributed by atoms with Crippen LogP contribution < -0.4 is 0 Å². The molecule has 0 radical (unpaired) electrons. The molecule has 0 bridgehead atoms. The van der Waals surface area contributed by atoms with Crippen molar-refractivity contribution >= 4 is 21.9 Å². The van der Waals surface area contributed by atoms with Crippen LogP contribution in [0.15, 0.2) is 12.1 Å². The summed E-state index contributed by atoms with van der Waals surface area (Å²) < 4.78 is 0. The minimum absolute atomic E-state index is 0.968. The van der Waals surface area contributed by atoms with Gasteiger partial charge in [0.05, 0.1) is 11.0 Å². The van der Waals surface area contributed by atoms with Gasteiger partial charge in [-0.2, -0.15) is 0 Å². The number of aromatic nitrogens is 3. The zero-order valence-electron chi connectivity index (χ0n) is 9.10. The first-order valence-electron chi connectivity index (χ1n) is 5.11. The predicted molar refractivity (Wildman–Crippen MR) is 62.2 cm³/mol. The molecule has 2 N–H and O–H groups in total. The van der Waals surface area contributed by atoms with Gasteiger partial charge in [-0.1, -0.05) is 0 Å². The predicted octanol–water partition coefficient (Wildman–Crippen LogP) is 2.97. The Morgan fingerprint density at radius 3 is 2.53 bits per heavy atom. The number of hydrogen-bond donors (Lipinski definition) is 2. The van der Waals surface area contributed by atoms with Crippen LogP contribution in [-0.2, 0) is 0 Å². The van der Waals surface area contributed by atoms with Crippen LogP contribution in [0.5, 0.6) is 0 Å². The van der Waals surface area contributed by atoms with Gasteiger partial charge in [-0.25, -0.2) is 4.98 Å². The molecule has 2 heterocycles. The number of benzene rings is 1. The minimum atomic E-state index is 0.968. The molecule has 0 aliphatic rings. The molecule has 0 unspecified atom stereocenters. The fourth-order valence-electron chi connectivity index (χ4n) is 2.17. The molecule has 0 aliphatic carbocycles. The summed E-state index contributed by atoms with van der Waals surface area (Å²) in [5.41, 5.74) is 5.87. The monoisotopic (exact) mass is 199 g/mol. The van der Waals surface area contributed by atoms with E-state index < -0.39 is 0 Å². The van der Waals surface area contributed by atoms with E-state index in [1.807, 2.05) is 6.92 Å². The Bertz CT molecular complexity index is 658. The van der Waals surface area contributed by atoms with Crippen LogP contribution in [0.1, 0.15) is 17.1 Å². The van der Waals surface area contributed by atoms with Gasteiger partial charge in [-0.3, -0.25) is 0 Å². The molecule has 3 nitrogen and oxygen atoms in total. The Hall–Kier alpha value is -1.77. The summed E-state index contributed by atoms with van der Waals surface area (Å²) in [5, 5.41) is 1.24. The van der Waals surface area contributed by atoms with Crippen molar-refractivity contribution in [1.29, 1.82) is 0 Å². The third-order valence-electron chi connectivity index (χ3n) is 3.03. The third-order valence-corrected chi connectivity index (χ3v) is 3.03. The third kappa shape index (κ3) is 1.03. The molecule has 3 rings (SSSR count). The number of nitrogens with zero attached hydrogens (tertiary/aromatic N) is 1. The van der Waals surface area contributed by atoms with Crippen molar-refractivity contribution in [2.24, 2.45) is 0 Å². The van der Waals surface area contributed by atoms with E-state index in [0.29, 0.717) is 0 Å². The van der Waals surface area contributed by atoms with Gasteiger partial charge in [0.2, 0.25) is 0 Å². The first-order chi connectivity index (χ1) is 7.16. The van der Waals surface area contributed by atoms with Gasteiger partial charge >= 0.3 is 0 Å². The molecule has 0 spiro atoms. The fourth-order valence-corrected chi connectivity index (χ4v) is 2.17. The van der Waals surface area contributed by atoms with E-state index in [1.165, 1.54) is 22.2 Å². The number of imidazole rings is 1. The van der Waals surface area contributed by atoms with Crippen LogP contribution >= 0.6 is 0 Å². The number of aryl methyl sites for hydroxylation is 3. The molecule has 0 saturated carbocycles. The number of hydrogen-bond acceptors (Lipinski definition) is 1. The molecule has 0 aliphatic heterocycles. The van der Waals surface area contributed by atoms with Crippen molar-refractivity contribution in [3.8, 4) is 0 Å². The second kappa shape index (κ2) is 2.63. The lowest BCUT2D eigenvalue weighted by molar-refractivity contribution is 1.17. The maximum Gasteiger partial charge on any atom is 0.104 e. The Balaban J connectivity index is 2.62.